The predicted octanol–water partition coefficient (Wildman–Crippen LogP) is 6.23. The minimum Gasteiger partial charge on any atom is -0.494 e. The SMILES string of the molecule is C=COC(=O)c1ccc2c(c1)C(C)c1cc(C(=O)Oc3ccc(OCCCCOC(=O)C=C)cc3)ccc1-2. The average molecular weight is 513 g/mol. The molecule has 0 bridgehead atoms. The average Bonchev–Trinajstić information content (AvgIpc) is 3.22. The smallest absolute Gasteiger partial charge is 0.343 e. The van der Waals surface area contributed by atoms with Gasteiger partial charge in [0.15, 0.2) is 0 Å². The summed E-state index contributed by atoms with van der Waals surface area (Å²) in [4.78, 5) is 36.0. The molecule has 7 nitrogen and oxygen atoms in total. The highest BCUT2D eigenvalue weighted by atomic mass is 16.5. The molecule has 1 aliphatic carbocycles. The highest BCUT2D eigenvalue weighted by molar-refractivity contribution is 5.95. The molecular formula is C31H28O7. The number of hydrogen-bond donors (Lipinski definition) is 0. The van der Waals surface area contributed by atoms with Gasteiger partial charge in [0.05, 0.1) is 30.6 Å². The van der Waals surface area contributed by atoms with Gasteiger partial charge in [-0.25, -0.2) is 14.4 Å². The van der Waals surface area contributed by atoms with E-state index in [2.05, 4.69) is 13.2 Å². The molecule has 3 aromatic carbocycles. The zero-order valence-corrected chi connectivity index (χ0v) is 21.1. The summed E-state index contributed by atoms with van der Waals surface area (Å²) in [5, 5.41) is 0. The van der Waals surface area contributed by atoms with Crippen LogP contribution in [0.3, 0.4) is 0 Å². The molecular weight excluding hydrogens is 484 g/mol. The van der Waals surface area contributed by atoms with E-state index in [0.29, 0.717) is 42.3 Å². The second-order valence-corrected chi connectivity index (χ2v) is 8.69. The maximum absolute atomic E-state index is 12.9. The third kappa shape index (κ3) is 6.00. The van der Waals surface area contributed by atoms with Crippen LogP contribution in [-0.4, -0.2) is 31.1 Å². The molecule has 0 amide bonds. The van der Waals surface area contributed by atoms with Gasteiger partial charge in [-0.05, 0) is 83.6 Å². The first-order chi connectivity index (χ1) is 18.4. The summed E-state index contributed by atoms with van der Waals surface area (Å²) < 4.78 is 21.1. The summed E-state index contributed by atoms with van der Waals surface area (Å²) in [5.74, 6) is -0.312. The van der Waals surface area contributed by atoms with Crippen LogP contribution in [0.4, 0.5) is 0 Å². The number of rotatable bonds is 11. The van der Waals surface area contributed by atoms with Gasteiger partial charge < -0.3 is 18.9 Å². The van der Waals surface area contributed by atoms with Crippen molar-refractivity contribution in [3.8, 4) is 22.6 Å². The van der Waals surface area contributed by atoms with Gasteiger partial charge in [-0.2, -0.15) is 0 Å². The summed E-state index contributed by atoms with van der Waals surface area (Å²) in [6.45, 7) is 9.60. The van der Waals surface area contributed by atoms with E-state index in [0.717, 1.165) is 41.0 Å². The molecule has 1 aliphatic rings. The quantitative estimate of drug-likeness (QED) is 0.0990. The minimum absolute atomic E-state index is 0.00491. The van der Waals surface area contributed by atoms with Gasteiger partial charge in [-0.3, -0.25) is 0 Å². The molecule has 0 aliphatic heterocycles. The van der Waals surface area contributed by atoms with Crippen molar-refractivity contribution in [1.82, 2.24) is 0 Å². The number of fused-ring (bicyclic) bond motifs is 3. The van der Waals surface area contributed by atoms with Gasteiger partial charge in [0.2, 0.25) is 0 Å². The van der Waals surface area contributed by atoms with Crippen LogP contribution >= 0.6 is 0 Å². The van der Waals surface area contributed by atoms with E-state index in [4.69, 9.17) is 18.9 Å². The molecule has 0 heterocycles. The number of unbranched alkanes of at least 4 members (excludes halogenated alkanes) is 1. The minimum atomic E-state index is -0.464. The van der Waals surface area contributed by atoms with Crippen LogP contribution < -0.4 is 9.47 Å². The van der Waals surface area contributed by atoms with Crippen molar-refractivity contribution in [1.29, 1.82) is 0 Å². The van der Waals surface area contributed by atoms with Crippen molar-refractivity contribution in [3.05, 3.63) is 108 Å². The van der Waals surface area contributed by atoms with E-state index in [9.17, 15) is 14.4 Å². The maximum Gasteiger partial charge on any atom is 0.343 e. The molecule has 7 heteroatoms. The van der Waals surface area contributed by atoms with Crippen LogP contribution in [0, 0.1) is 0 Å². The summed E-state index contributed by atoms with van der Waals surface area (Å²) in [6, 6.07) is 17.8. The van der Waals surface area contributed by atoms with Crippen molar-refractivity contribution in [2.24, 2.45) is 0 Å². The van der Waals surface area contributed by atoms with Crippen LogP contribution in [0.5, 0.6) is 11.5 Å². The number of ether oxygens (including phenoxy) is 4. The molecule has 0 aromatic heterocycles. The normalized spacial score (nSPS) is 13.0. The van der Waals surface area contributed by atoms with Gasteiger partial charge in [0.25, 0.3) is 0 Å². The fraction of sp³-hybridized carbons (Fsp3) is 0.194. The summed E-state index contributed by atoms with van der Waals surface area (Å²) in [7, 11) is 0. The third-order valence-electron chi connectivity index (χ3n) is 6.24. The largest absolute Gasteiger partial charge is 0.494 e. The number of benzene rings is 3. The van der Waals surface area contributed by atoms with Crippen molar-refractivity contribution in [2.45, 2.75) is 25.7 Å². The molecule has 0 fully saturated rings. The second-order valence-electron chi connectivity index (χ2n) is 8.69. The Balaban J connectivity index is 1.34. The van der Waals surface area contributed by atoms with Crippen LogP contribution in [0.1, 0.15) is 57.5 Å². The van der Waals surface area contributed by atoms with Crippen LogP contribution in [0.25, 0.3) is 11.1 Å². The van der Waals surface area contributed by atoms with E-state index < -0.39 is 17.9 Å². The molecule has 1 atom stereocenters. The third-order valence-corrected chi connectivity index (χ3v) is 6.24. The molecule has 0 spiro atoms. The van der Waals surface area contributed by atoms with Crippen LogP contribution in [0.15, 0.2) is 86.2 Å². The fourth-order valence-electron chi connectivity index (χ4n) is 4.29. The van der Waals surface area contributed by atoms with Crippen molar-refractivity contribution in [3.63, 3.8) is 0 Å². The number of esters is 3. The van der Waals surface area contributed by atoms with E-state index in [1.807, 2.05) is 31.2 Å². The lowest BCUT2D eigenvalue weighted by Gasteiger charge is -2.10. The van der Waals surface area contributed by atoms with Crippen LogP contribution in [0.2, 0.25) is 0 Å². The first-order valence-electron chi connectivity index (χ1n) is 12.3. The standard InChI is InChI=1S/C31H28O7/c1-4-29(32)37-17-7-6-16-36-23-10-12-24(13-11-23)38-31(34)22-9-15-26-25-14-8-21(30(33)35-5-2)18-27(25)20(3)28(26)19-22/h4-5,8-15,18-20H,1-2,6-7,16-17H2,3H3. The van der Waals surface area contributed by atoms with Crippen molar-refractivity contribution >= 4 is 17.9 Å². The van der Waals surface area contributed by atoms with Gasteiger partial charge in [0.1, 0.15) is 11.5 Å². The van der Waals surface area contributed by atoms with E-state index in [-0.39, 0.29) is 5.92 Å². The monoisotopic (exact) mass is 512 g/mol. The van der Waals surface area contributed by atoms with Crippen LogP contribution in [-0.2, 0) is 14.3 Å². The summed E-state index contributed by atoms with van der Waals surface area (Å²) in [6.07, 6.45) is 3.65. The molecule has 0 radical (unpaired) electrons. The second kappa shape index (κ2) is 12.1. The molecule has 0 N–H and O–H groups in total. The van der Waals surface area contributed by atoms with E-state index >= 15 is 0 Å². The van der Waals surface area contributed by atoms with E-state index in [1.165, 1.54) is 0 Å². The number of hydrogen-bond acceptors (Lipinski definition) is 7. The first kappa shape index (κ1) is 26.4. The molecule has 4 rings (SSSR count). The molecule has 0 saturated carbocycles. The maximum atomic E-state index is 12.9. The summed E-state index contributed by atoms with van der Waals surface area (Å²) in [5.41, 5.74) is 4.92. The molecule has 38 heavy (non-hydrogen) atoms. The zero-order valence-electron chi connectivity index (χ0n) is 21.1. The lowest BCUT2D eigenvalue weighted by Crippen LogP contribution is -2.09. The predicted molar refractivity (Wildman–Crippen MR) is 142 cm³/mol. The molecule has 1 unspecified atom stereocenters. The Hall–Kier alpha value is -4.65. The zero-order chi connectivity index (χ0) is 27.1. The highest BCUT2D eigenvalue weighted by Crippen LogP contribution is 2.45. The van der Waals surface area contributed by atoms with Gasteiger partial charge in [-0.1, -0.05) is 32.2 Å². The Morgan fingerprint density at radius 2 is 1.37 bits per heavy atom. The topological polar surface area (TPSA) is 88.1 Å². The Bertz CT molecular complexity index is 1370. The van der Waals surface area contributed by atoms with Gasteiger partial charge in [-0.15, -0.1) is 0 Å². The lowest BCUT2D eigenvalue weighted by molar-refractivity contribution is -0.137. The van der Waals surface area contributed by atoms with Gasteiger partial charge in [0, 0.05) is 12.0 Å². The molecule has 194 valence electrons. The van der Waals surface area contributed by atoms with Crippen molar-refractivity contribution in [2.75, 3.05) is 13.2 Å². The van der Waals surface area contributed by atoms with Crippen molar-refractivity contribution < 1.29 is 33.3 Å². The molecule has 0 saturated heterocycles. The Kier molecular flexibility index (Phi) is 8.38. The number of carbonyl (C=O) groups is 3. The molecule has 3 aromatic rings. The van der Waals surface area contributed by atoms with E-state index in [1.54, 1.807) is 36.4 Å². The Morgan fingerprint density at radius 3 is 1.97 bits per heavy atom. The lowest BCUT2D eigenvalue weighted by atomic mass is 9.97. The Labute approximate surface area is 221 Å². The first-order valence-corrected chi connectivity index (χ1v) is 12.3. The Morgan fingerprint density at radius 1 is 0.789 bits per heavy atom. The van der Waals surface area contributed by atoms with Gasteiger partial charge >= 0.3 is 17.9 Å². The fourth-order valence-corrected chi connectivity index (χ4v) is 4.29. The number of carbonyl (C=O) groups excluding carboxylic acids is 3. The summed E-state index contributed by atoms with van der Waals surface area (Å²) >= 11 is 0. The highest BCUT2D eigenvalue weighted by Gasteiger charge is 2.28.